The largest absolute Gasteiger partial charge is 0.383 e. The third-order valence-electron chi connectivity index (χ3n) is 3.67. The summed E-state index contributed by atoms with van der Waals surface area (Å²) >= 11 is 0. The number of hydrogen-bond acceptors (Lipinski definition) is 3. The Hall–Kier alpha value is -0.120. The molecule has 2 aliphatic rings. The van der Waals surface area contributed by atoms with E-state index < -0.39 is 0 Å². The van der Waals surface area contributed by atoms with Crippen molar-refractivity contribution in [2.45, 2.75) is 19.3 Å². The van der Waals surface area contributed by atoms with Crippen molar-refractivity contribution in [3.05, 3.63) is 0 Å². The first-order valence-corrected chi connectivity index (χ1v) is 6.19. The minimum Gasteiger partial charge on any atom is -0.383 e. The van der Waals surface area contributed by atoms with E-state index in [0.717, 1.165) is 44.1 Å². The number of methoxy groups -OCH3 is 1. The van der Waals surface area contributed by atoms with E-state index >= 15 is 0 Å². The van der Waals surface area contributed by atoms with Gasteiger partial charge in [0.05, 0.1) is 6.61 Å². The molecule has 0 radical (unpaired) electrons. The maximum absolute atomic E-state index is 5.53. The van der Waals surface area contributed by atoms with Crippen LogP contribution < -0.4 is 5.32 Å². The molecular weight excluding hydrogens is 190 g/mol. The van der Waals surface area contributed by atoms with Crippen LogP contribution in [0.2, 0.25) is 0 Å². The number of nitrogens with one attached hydrogen (secondary N) is 1. The maximum atomic E-state index is 5.53. The zero-order valence-corrected chi connectivity index (χ0v) is 9.71. The first-order valence-electron chi connectivity index (χ1n) is 6.19. The Labute approximate surface area is 92.5 Å². The third-order valence-corrected chi connectivity index (χ3v) is 3.67. The molecule has 3 atom stereocenters. The number of hydrogen-bond donors (Lipinski definition) is 1. The maximum Gasteiger partial charge on any atom is 0.0587 e. The van der Waals surface area contributed by atoms with E-state index in [1.165, 1.54) is 25.8 Å². The Morgan fingerprint density at radius 2 is 2.40 bits per heavy atom. The zero-order chi connectivity index (χ0) is 10.5. The zero-order valence-electron chi connectivity index (χ0n) is 9.71. The highest BCUT2D eigenvalue weighted by atomic mass is 16.5. The molecule has 0 amide bonds. The van der Waals surface area contributed by atoms with Gasteiger partial charge < -0.3 is 14.8 Å². The number of rotatable bonds is 6. The summed E-state index contributed by atoms with van der Waals surface area (Å²) in [5, 5.41) is 3.45. The lowest BCUT2D eigenvalue weighted by atomic mass is 9.96. The monoisotopic (exact) mass is 213 g/mol. The summed E-state index contributed by atoms with van der Waals surface area (Å²) in [4.78, 5) is 0. The van der Waals surface area contributed by atoms with E-state index in [1.807, 2.05) is 0 Å². The van der Waals surface area contributed by atoms with Gasteiger partial charge in [0.25, 0.3) is 0 Å². The van der Waals surface area contributed by atoms with Gasteiger partial charge >= 0.3 is 0 Å². The molecule has 1 saturated carbocycles. The Morgan fingerprint density at radius 1 is 1.47 bits per heavy atom. The minimum absolute atomic E-state index is 0.823. The SMILES string of the molecule is COCCNCC1CC1C1CCCOC1. The lowest BCUT2D eigenvalue weighted by Gasteiger charge is -2.22. The lowest BCUT2D eigenvalue weighted by molar-refractivity contribution is 0.0444. The standard InChI is InChI=1S/C12H23NO2/c1-14-6-4-13-8-11-7-12(11)10-3-2-5-15-9-10/h10-13H,2-9H2,1H3. The van der Waals surface area contributed by atoms with Gasteiger partial charge in [0.15, 0.2) is 0 Å². The fourth-order valence-corrected chi connectivity index (χ4v) is 2.65. The van der Waals surface area contributed by atoms with Gasteiger partial charge in [0, 0.05) is 26.9 Å². The van der Waals surface area contributed by atoms with Crippen LogP contribution in [0.3, 0.4) is 0 Å². The molecule has 1 N–H and O–H groups in total. The first-order chi connectivity index (χ1) is 7.42. The Morgan fingerprint density at radius 3 is 3.13 bits per heavy atom. The van der Waals surface area contributed by atoms with Gasteiger partial charge in [0.2, 0.25) is 0 Å². The fraction of sp³-hybridized carbons (Fsp3) is 1.00. The van der Waals surface area contributed by atoms with Crippen molar-refractivity contribution in [2.75, 3.05) is 40.0 Å². The van der Waals surface area contributed by atoms with Crippen molar-refractivity contribution in [3.8, 4) is 0 Å². The summed E-state index contributed by atoms with van der Waals surface area (Å²) in [6.45, 7) is 4.98. The van der Waals surface area contributed by atoms with Gasteiger partial charge in [-0.3, -0.25) is 0 Å². The van der Waals surface area contributed by atoms with Crippen LogP contribution in [0, 0.1) is 17.8 Å². The fourth-order valence-electron chi connectivity index (χ4n) is 2.65. The van der Waals surface area contributed by atoms with Crippen LogP contribution in [0.25, 0.3) is 0 Å². The summed E-state index contributed by atoms with van der Waals surface area (Å²) in [7, 11) is 1.75. The highest BCUT2D eigenvalue weighted by Gasteiger charge is 2.42. The Balaban J connectivity index is 1.55. The van der Waals surface area contributed by atoms with Gasteiger partial charge in [0.1, 0.15) is 0 Å². The van der Waals surface area contributed by atoms with E-state index in [0.29, 0.717) is 0 Å². The highest BCUT2D eigenvalue weighted by Crippen LogP contribution is 2.46. The predicted octanol–water partition coefficient (Wildman–Crippen LogP) is 1.29. The molecule has 0 aromatic carbocycles. The normalized spacial score (nSPS) is 35.4. The van der Waals surface area contributed by atoms with E-state index in [-0.39, 0.29) is 0 Å². The van der Waals surface area contributed by atoms with Crippen LogP contribution in [0.5, 0.6) is 0 Å². The third kappa shape index (κ3) is 3.44. The topological polar surface area (TPSA) is 30.5 Å². The molecule has 0 bridgehead atoms. The average molecular weight is 213 g/mol. The van der Waals surface area contributed by atoms with E-state index in [1.54, 1.807) is 7.11 Å². The smallest absolute Gasteiger partial charge is 0.0587 e. The second-order valence-electron chi connectivity index (χ2n) is 4.83. The van der Waals surface area contributed by atoms with Gasteiger partial charge in [-0.25, -0.2) is 0 Å². The molecule has 2 rings (SSSR count). The second kappa shape index (κ2) is 5.83. The molecule has 15 heavy (non-hydrogen) atoms. The van der Waals surface area contributed by atoms with Gasteiger partial charge in [-0.2, -0.15) is 0 Å². The molecule has 3 unspecified atom stereocenters. The van der Waals surface area contributed by atoms with Crippen LogP contribution in [-0.2, 0) is 9.47 Å². The summed E-state index contributed by atoms with van der Waals surface area (Å²) in [6, 6.07) is 0. The van der Waals surface area contributed by atoms with E-state index in [2.05, 4.69) is 5.32 Å². The van der Waals surface area contributed by atoms with Gasteiger partial charge in [-0.15, -0.1) is 0 Å². The van der Waals surface area contributed by atoms with Gasteiger partial charge in [-0.1, -0.05) is 0 Å². The van der Waals surface area contributed by atoms with Crippen molar-refractivity contribution >= 4 is 0 Å². The van der Waals surface area contributed by atoms with Crippen LogP contribution in [0.1, 0.15) is 19.3 Å². The van der Waals surface area contributed by atoms with Crippen LogP contribution in [0.15, 0.2) is 0 Å². The van der Waals surface area contributed by atoms with Crippen LogP contribution >= 0.6 is 0 Å². The van der Waals surface area contributed by atoms with Crippen molar-refractivity contribution in [3.63, 3.8) is 0 Å². The Bertz CT molecular complexity index is 180. The first kappa shape index (κ1) is 11.4. The minimum atomic E-state index is 0.823. The van der Waals surface area contributed by atoms with E-state index in [4.69, 9.17) is 9.47 Å². The molecule has 0 aromatic rings. The summed E-state index contributed by atoms with van der Waals surface area (Å²) in [5.41, 5.74) is 0. The summed E-state index contributed by atoms with van der Waals surface area (Å²) < 4.78 is 10.5. The Kier molecular flexibility index (Phi) is 4.42. The molecule has 0 spiro atoms. The molecule has 1 heterocycles. The molecule has 1 saturated heterocycles. The molecule has 88 valence electrons. The van der Waals surface area contributed by atoms with E-state index in [9.17, 15) is 0 Å². The molecule has 3 heteroatoms. The average Bonchev–Trinajstić information content (AvgIpc) is 3.05. The second-order valence-corrected chi connectivity index (χ2v) is 4.83. The summed E-state index contributed by atoms with van der Waals surface area (Å²) in [5.74, 6) is 2.71. The van der Waals surface area contributed by atoms with Crippen molar-refractivity contribution in [1.82, 2.24) is 5.32 Å². The molecule has 1 aliphatic carbocycles. The van der Waals surface area contributed by atoms with Crippen molar-refractivity contribution < 1.29 is 9.47 Å². The molecule has 3 nitrogen and oxygen atoms in total. The molecule has 2 fully saturated rings. The molecule has 1 aliphatic heterocycles. The quantitative estimate of drug-likeness (QED) is 0.674. The van der Waals surface area contributed by atoms with Crippen LogP contribution in [0.4, 0.5) is 0 Å². The van der Waals surface area contributed by atoms with Gasteiger partial charge in [-0.05, 0) is 43.6 Å². The molecule has 0 aromatic heterocycles. The lowest BCUT2D eigenvalue weighted by Crippen LogP contribution is -2.24. The highest BCUT2D eigenvalue weighted by molar-refractivity contribution is 4.93. The van der Waals surface area contributed by atoms with Crippen molar-refractivity contribution in [1.29, 1.82) is 0 Å². The number of ether oxygens (including phenoxy) is 2. The molecular formula is C12H23NO2. The summed E-state index contributed by atoms with van der Waals surface area (Å²) in [6.07, 6.45) is 4.07. The van der Waals surface area contributed by atoms with Crippen LogP contribution in [-0.4, -0.2) is 40.0 Å². The predicted molar refractivity (Wildman–Crippen MR) is 59.9 cm³/mol. The van der Waals surface area contributed by atoms with Crippen molar-refractivity contribution in [2.24, 2.45) is 17.8 Å².